The molecule has 3 heterocycles. The summed E-state index contributed by atoms with van der Waals surface area (Å²) in [5.41, 5.74) is 4.21. The van der Waals surface area contributed by atoms with Crippen LogP contribution in [0.1, 0.15) is 6.23 Å². The van der Waals surface area contributed by atoms with E-state index in [-0.39, 0.29) is 17.1 Å². The third-order valence-electron chi connectivity index (χ3n) is 4.08. The lowest BCUT2D eigenvalue weighted by atomic mass is 10.1. The second kappa shape index (κ2) is 10.3. The summed E-state index contributed by atoms with van der Waals surface area (Å²) in [5.74, 6) is -0.359. The predicted molar refractivity (Wildman–Crippen MR) is 109 cm³/mol. The number of phosphoric acid groups is 3. The topological polar surface area (TPSA) is 329 Å². The number of fused-ring (bicyclic) bond motifs is 1. The minimum absolute atomic E-state index is 0.239. The van der Waals surface area contributed by atoms with Gasteiger partial charge in [0.15, 0.2) is 17.4 Å². The molecule has 10 N–H and O–H groups in total. The van der Waals surface area contributed by atoms with Crippen molar-refractivity contribution < 1.29 is 70.6 Å². The van der Waals surface area contributed by atoms with Crippen LogP contribution in [0.5, 0.6) is 0 Å². The van der Waals surface area contributed by atoms with Crippen LogP contribution in [0.2, 0.25) is 0 Å². The van der Waals surface area contributed by atoms with Crippen molar-refractivity contribution in [1.29, 1.82) is 0 Å². The quantitative estimate of drug-likeness (QED) is 0.134. The molecule has 1 saturated heterocycles. The van der Waals surface area contributed by atoms with Crippen LogP contribution in [0.25, 0.3) is 11.2 Å². The van der Waals surface area contributed by atoms with E-state index in [1.807, 2.05) is 0 Å². The first-order valence-electron chi connectivity index (χ1n) is 8.67. The van der Waals surface area contributed by atoms with Gasteiger partial charge < -0.3 is 44.9 Å². The Hall–Kier alpha value is -1.21. The van der Waals surface area contributed by atoms with Gasteiger partial charge in [0.1, 0.15) is 18.3 Å². The average molecular weight is 587 g/mol. The lowest BCUT2D eigenvalue weighted by Crippen LogP contribution is -2.36. The van der Waals surface area contributed by atoms with Gasteiger partial charge in [-0.1, -0.05) is 0 Å². The number of aromatic nitrogens is 4. The van der Waals surface area contributed by atoms with Gasteiger partial charge >= 0.3 is 32.1 Å². The average Bonchev–Trinajstić information content (AvgIpc) is 3.19. The van der Waals surface area contributed by atoms with E-state index in [2.05, 4.69) is 32.6 Å². The summed E-state index contributed by atoms with van der Waals surface area (Å²) >= 11 is 0. The van der Waals surface area contributed by atoms with Crippen LogP contribution in [0.4, 0.5) is 5.95 Å². The molecule has 25 heteroatoms. The molecule has 2 aromatic rings. The van der Waals surface area contributed by atoms with Crippen LogP contribution >= 0.6 is 32.1 Å². The first-order chi connectivity index (χ1) is 16.0. The Labute approximate surface area is 193 Å². The molecule has 21 nitrogen and oxygen atoms in total. The molecule has 0 amide bonds. The number of nitrogens with one attached hydrogen (secondary N) is 1. The van der Waals surface area contributed by atoms with Crippen molar-refractivity contribution in [2.75, 3.05) is 12.3 Å². The molecule has 4 unspecified atom stereocenters. The number of aromatic amines is 1. The molecule has 198 valence electrons. The highest BCUT2D eigenvalue weighted by atomic mass is 31.3. The number of hydrogen-bond donors (Lipinski definition) is 9. The van der Waals surface area contributed by atoms with Crippen molar-refractivity contribution in [1.82, 2.24) is 19.5 Å². The Morgan fingerprint density at radius 3 is 2.46 bits per heavy atom. The number of ether oxygens (including phenoxy) is 1. The van der Waals surface area contributed by atoms with Crippen LogP contribution < -0.4 is 11.3 Å². The normalized spacial score (nSPS) is 26.7. The van der Waals surface area contributed by atoms with Crippen LogP contribution in [0, 0.1) is 0 Å². The fourth-order valence-corrected chi connectivity index (χ4v) is 5.99. The Morgan fingerprint density at radius 2 is 1.86 bits per heavy atom. The van der Waals surface area contributed by atoms with E-state index in [1.165, 1.54) is 0 Å². The van der Waals surface area contributed by atoms with Gasteiger partial charge in [-0.3, -0.25) is 23.4 Å². The van der Waals surface area contributed by atoms with Crippen molar-refractivity contribution in [2.45, 2.75) is 24.5 Å². The molecule has 0 aromatic carbocycles. The van der Waals surface area contributed by atoms with E-state index in [4.69, 9.17) is 30.0 Å². The molecular weight excluding hydrogens is 570 g/mol. The zero-order valence-corrected chi connectivity index (χ0v) is 20.2. The van der Waals surface area contributed by atoms with E-state index in [0.29, 0.717) is 0 Å². The summed E-state index contributed by atoms with van der Waals surface area (Å²) in [7, 11) is -19.7. The minimum Gasteiger partial charge on any atom is -0.386 e. The Balaban J connectivity index is 1.94. The molecule has 1 aliphatic rings. The second-order valence-corrected chi connectivity index (χ2v) is 11.7. The van der Waals surface area contributed by atoms with Crippen LogP contribution in [0.15, 0.2) is 11.1 Å². The number of nitrogen functional groups attached to an aromatic ring is 1. The second-order valence-electron chi connectivity index (χ2n) is 6.54. The molecule has 1 aliphatic heterocycles. The zero-order chi connectivity index (χ0) is 26.3. The van der Waals surface area contributed by atoms with Crippen molar-refractivity contribution in [2.24, 2.45) is 0 Å². The van der Waals surface area contributed by atoms with Crippen LogP contribution in [0.3, 0.4) is 0 Å². The zero-order valence-electron chi connectivity index (χ0n) is 16.6. The van der Waals surface area contributed by atoms with Crippen molar-refractivity contribution in [3.63, 3.8) is 0 Å². The summed E-state index contributed by atoms with van der Waals surface area (Å²) in [5, 5.41) is 10.7. The first kappa shape index (κ1) is 28.4. The van der Waals surface area contributed by atoms with Gasteiger partial charge in [0.2, 0.25) is 5.95 Å². The number of imidazole rings is 1. The number of nitrogens with zero attached hydrogens (tertiary/aromatic N) is 3. The van der Waals surface area contributed by atoms with Crippen LogP contribution in [-0.4, -0.2) is 78.9 Å². The molecule has 1 fully saturated rings. The molecule has 0 saturated carbocycles. The summed E-state index contributed by atoms with van der Waals surface area (Å²) in [6.45, 7) is -1.09. The SMILES string of the molecule is Nc1nc2c(ncn2[C@@H]2O[C@H](COP(=O)(O)OP(O)O)C(OP(=O)(O)OP(=O)(O)O)C2O)c(=O)[nH]1. The van der Waals surface area contributed by atoms with Gasteiger partial charge in [-0.05, 0) is 0 Å². The molecule has 35 heavy (non-hydrogen) atoms. The van der Waals surface area contributed by atoms with Crippen molar-refractivity contribution in [3.8, 4) is 0 Å². The number of aliphatic hydroxyl groups is 1. The summed E-state index contributed by atoms with van der Waals surface area (Å²) in [6.07, 6.45) is -6.55. The van der Waals surface area contributed by atoms with E-state index in [9.17, 15) is 33.4 Å². The Kier molecular flexibility index (Phi) is 8.33. The highest BCUT2D eigenvalue weighted by Crippen LogP contribution is 2.60. The van der Waals surface area contributed by atoms with Gasteiger partial charge in [0, 0.05) is 0 Å². The maximum absolute atomic E-state index is 12.0. The first-order valence-corrected chi connectivity index (χ1v) is 14.4. The Morgan fingerprint density at radius 1 is 1.20 bits per heavy atom. The number of anilines is 1. The van der Waals surface area contributed by atoms with Gasteiger partial charge in [0.05, 0.1) is 12.9 Å². The predicted octanol–water partition coefficient (Wildman–Crippen LogP) is -2.10. The smallest absolute Gasteiger partial charge is 0.386 e. The molecule has 0 radical (unpaired) electrons. The molecule has 6 atom stereocenters. The van der Waals surface area contributed by atoms with E-state index < -0.39 is 68.8 Å². The largest absolute Gasteiger partial charge is 0.481 e. The molecule has 0 bridgehead atoms. The summed E-state index contributed by atoms with van der Waals surface area (Å²) in [6, 6.07) is 0. The number of hydrogen-bond acceptors (Lipinski definition) is 15. The lowest BCUT2D eigenvalue weighted by molar-refractivity contribution is -0.0500. The van der Waals surface area contributed by atoms with E-state index >= 15 is 0 Å². The monoisotopic (exact) mass is 587 g/mol. The standard InChI is InChI=1S/C10H17N5O16P4/c11-10-13-7-4(8(17)14-10)12-2-15(7)9-5(16)6(29-35(25,26)31-33(20,21)22)3(28-9)1-27-34(23,24)30-32(18)19/h2-3,5-6,9,16,18-19H,1H2,(H,23,24)(H,25,26)(H2,20,21,22)(H3,11,13,14,17)/t3-,5?,6?,9-/m1/s1. The highest BCUT2D eigenvalue weighted by molar-refractivity contribution is 7.60. The van der Waals surface area contributed by atoms with Gasteiger partial charge in [0.25, 0.3) is 5.56 Å². The number of phosphoric ester groups is 2. The third kappa shape index (κ3) is 7.18. The van der Waals surface area contributed by atoms with E-state index in [1.54, 1.807) is 0 Å². The lowest BCUT2D eigenvalue weighted by Gasteiger charge is -2.23. The maximum atomic E-state index is 12.0. The molecule has 2 aromatic heterocycles. The van der Waals surface area contributed by atoms with Crippen molar-refractivity contribution >= 4 is 49.2 Å². The van der Waals surface area contributed by atoms with Gasteiger partial charge in [-0.25, -0.2) is 23.0 Å². The fourth-order valence-electron chi connectivity index (χ4n) is 2.93. The maximum Gasteiger partial charge on any atom is 0.481 e. The highest BCUT2D eigenvalue weighted by Gasteiger charge is 2.51. The molecule has 3 rings (SSSR count). The third-order valence-corrected chi connectivity index (χ3v) is 8.15. The Bertz CT molecular complexity index is 1280. The van der Waals surface area contributed by atoms with Gasteiger partial charge in [-0.15, -0.1) is 0 Å². The molecule has 0 spiro atoms. The molecule has 0 aliphatic carbocycles. The summed E-state index contributed by atoms with van der Waals surface area (Å²) in [4.78, 5) is 75.9. The number of nitrogens with two attached hydrogens (primary N) is 1. The number of aliphatic hydroxyl groups excluding tert-OH is 1. The molecular formula is C10H17N5O16P4. The number of rotatable bonds is 10. The minimum atomic E-state index is -5.61. The van der Waals surface area contributed by atoms with Crippen molar-refractivity contribution in [3.05, 3.63) is 16.7 Å². The fraction of sp³-hybridized carbons (Fsp3) is 0.500. The summed E-state index contributed by atoms with van der Waals surface area (Å²) < 4.78 is 57.8. The van der Waals surface area contributed by atoms with Crippen LogP contribution in [-0.2, 0) is 36.1 Å². The van der Waals surface area contributed by atoms with E-state index in [0.717, 1.165) is 10.9 Å². The number of H-pyrrole nitrogens is 1. The van der Waals surface area contributed by atoms with Gasteiger partial charge in [-0.2, -0.15) is 9.29 Å².